The molecule has 0 heterocycles. The quantitative estimate of drug-likeness (QED) is 0.529. The average Bonchev–Trinajstić information content (AvgIpc) is 2.50. The van der Waals surface area contributed by atoms with E-state index in [9.17, 15) is 22.4 Å². The minimum Gasteiger partial charge on any atom is -0.478 e. The Morgan fingerprint density at radius 3 is 2.14 bits per heavy atom. The number of benzene rings is 2. The molecule has 4 nitrogen and oxygen atoms in total. The van der Waals surface area contributed by atoms with E-state index in [1.165, 1.54) is 0 Å². The fraction of sp³-hybridized carbons (Fsp3) is 0.278. The van der Waals surface area contributed by atoms with Crippen molar-refractivity contribution in [2.24, 2.45) is 0 Å². The number of hydrogen-bond acceptors (Lipinski definition) is 3. The molecule has 28 heavy (non-hydrogen) atoms. The molecule has 0 spiro atoms. The molecule has 2 aromatic carbocycles. The first-order valence-corrected chi connectivity index (χ1v) is 8.45. The van der Waals surface area contributed by atoms with Gasteiger partial charge >= 0.3 is 12.3 Å². The van der Waals surface area contributed by atoms with Crippen LogP contribution in [0.25, 0.3) is 0 Å². The van der Waals surface area contributed by atoms with Crippen LogP contribution < -0.4 is 9.47 Å². The van der Waals surface area contributed by atoms with Crippen molar-refractivity contribution in [3.05, 3.63) is 51.3 Å². The molecule has 0 unspecified atom stereocenters. The van der Waals surface area contributed by atoms with Crippen LogP contribution in [0.5, 0.6) is 17.2 Å². The molecule has 152 valence electrons. The summed E-state index contributed by atoms with van der Waals surface area (Å²) < 4.78 is 61.1. The van der Waals surface area contributed by atoms with Crippen molar-refractivity contribution in [2.75, 3.05) is 0 Å². The second kappa shape index (κ2) is 7.67. The van der Waals surface area contributed by atoms with E-state index in [0.29, 0.717) is 0 Å². The lowest BCUT2D eigenvalue weighted by atomic mass is 9.84. The Morgan fingerprint density at radius 2 is 1.68 bits per heavy atom. The normalized spacial score (nSPS) is 12.0. The van der Waals surface area contributed by atoms with Gasteiger partial charge in [0.1, 0.15) is 17.3 Å². The molecule has 0 saturated carbocycles. The minimum atomic E-state index is -4.93. The van der Waals surface area contributed by atoms with Crippen LogP contribution in [0.2, 0.25) is 10.0 Å². The first-order valence-electron chi connectivity index (χ1n) is 7.69. The molecule has 0 aromatic heterocycles. The number of ether oxygens (including phenoxy) is 2. The fourth-order valence-electron chi connectivity index (χ4n) is 2.40. The van der Waals surface area contributed by atoms with Gasteiger partial charge in [0.2, 0.25) is 0 Å². The summed E-state index contributed by atoms with van der Waals surface area (Å²) in [4.78, 5) is 11.3. The van der Waals surface area contributed by atoms with Crippen LogP contribution in [0, 0.1) is 5.82 Å². The number of carboxylic acids is 1. The van der Waals surface area contributed by atoms with Crippen molar-refractivity contribution < 1.29 is 36.9 Å². The third-order valence-electron chi connectivity index (χ3n) is 3.50. The fourth-order valence-corrected chi connectivity index (χ4v) is 2.86. The van der Waals surface area contributed by atoms with Gasteiger partial charge in [-0.05, 0) is 23.6 Å². The largest absolute Gasteiger partial charge is 0.573 e. The Bertz CT molecular complexity index is 921. The molecule has 2 rings (SSSR count). The monoisotopic (exact) mass is 440 g/mol. The lowest BCUT2D eigenvalue weighted by Crippen LogP contribution is -2.18. The van der Waals surface area contributed by atoms with Crippen LogP contribution in [-0.4, -0.2) is 17.4 Å². The van der Waals surface area contributed by atoms with Crippen LogP contribution in [-0.2, 0) is 5.41 Å². The molecule has 0 fully saturated rings. The second-order valence-electron chi connectivity index (χ2n) is 6.72. The van der Waals surface area contributed by atoms with Crippen LogP contribution in [0.3, 0.4) is 0 Å². The molecule has 0 saturated heterocycles. The van der Waals surface area contributed by atoms with E-state index in [2.05, 4.69) is 4.74 Å². The zero-order valence-electron chi connectivity index (χ0n) is 14.7. The van der Waals surface area contributed by atoms with Gasteiger partial charge in [0.05, 0.1) is 15.6 Å². The van der Waals surface area contributed by atoms with Gasteiger partial charge in [-0.1, -0.05) is 44.0 Å². The van der Waals surface area contributed by atoms with Crippen molar-refractivity contribution in [1.29, 1.82) is 0 Å². The Morgan fingerprint density at radius 1 is 1.07 bits per heavy atom. The first kappa shape index (κ1) is 22.1. The molecule has 0 amide bonds. The lowest BCUT2D eigenvalue weighted by molar-refractivity contribution is -0.274. The first-order chi connectivity index (χ1) is 12.7. The van der Waals surface area contributed by atoms with E-state index >= 15 is 0 Å². The SMILES string of the molecule is CC(C)(C)c1c(F)c(C(=O)O)cc(Cl)c1Oc1ccc(OC(F)(F)F)c(Cl)c1. The predicted molar refractivity (Wildman–Crippen MR) is 95.3 cm³/mol. The van der Waals surface area contributed by atoms with Gasteiger partial charge in [0.15, 0.2) is 5.75 Å². The predicted octanol–water partition coefficient (Wildman–Crippen LogP) is 6.82. The number of alkyl halides is 3. The molecule has 0 aliphatic heterocycles. The van der Waals surface area contributed by atoms with Crippen molar-refractivity contribution in [2.45, 2.75) is 32.5 Å². The third-order valence-corrected chi connectivity index (χ3v) is 4.08. The zero-order valence-corrected chi connectivity index (χ0v) is 16.3. The van der Waals surface area contributed by atoms with E-state index in [1.54, 1.807) is 20.8 Å². The zero-order chi connectivity index (χ0) is 21.4. The maximum Gasteiger partial charge on any atom is 0.573 e. The minimum absolute atomic E-state index is 0.0469. The van der Waals surface area contributed by atoms with Gasteiger partial charge in [-0.2, -0.15) is 0 Å². The maximum atomic E-state index is 14.8. The van der Waals surface area contributed by atoms with Crippen molar-refractivity contribution in [3.63, 3.8) is 0 Å². The molecule has 1 N–H and O–H groups in total. The summed E-state index contributed by atoms with van der Waals surface area (Å²) in [6, 6.07) is 3.98. The molecular weight excluding hydrogens is 427 g/mol. The Kier molecular flexibility index (Phi) is 6.06. The summed E-state index contributed by atoms with van der Waals surface area (Å²) in [7, 11) is 0. The summed E-state index contributed by atoms with van der Waals surface area (Å²) in [6.07, 6.45) is -4.93. The number of carboxylic acid groups (broad SMARTS) is 1. The summed E-state index contributed by atoms with van der Waals surface area (Å²) in [6.45, 7) is 4.86. The molecule has 10 heteroatoms. The van der Waals surface area contributed by atoms with E-state index in [4.69, 9.17) is 33.0 Å². The number of carbonyl (C=O) groups is 1. The van der Waals surface area contributed by atoms with Crippen molar-refractivity contribution >= 4 is 29.2 Å². The van der Waals surface area contributed by atoms with Gasteiger partial charge in [-0.3, -0.25) is 0 Å². The Hall–Kier alpha value is -2.19. The highest BCUT2D eigenvalue weighted by atomic mass is 35.5. The molecule has 0 atom stereocenters. The highest BCUT2D eigenvalue weighted by Gasteiger charge is 2.33. The van der Waals surface area contributed by atoms with Gasteiger partial charge in [-0.25, -0.2) is 9.18 Å². The molecule has 0 bridgehead atoms. The molecule has 2 aromatic rings. The van der Waals surface area contributed by atoms with Crippen molar-refractivity contribution in [1.82, 2.24) is 0 Å². The van der Waals surface area contributed by atoms with E-state index < -0.39 is 39.9 Å². The maximum absolute atomic E-state index is 14.8. The third kappa shape index (κ3) is 4.99. The topological polar surface area (TPSA) is 55.8 Å². The second-order valence-corrected chi connectivity index (χ2v) is 7.54. The van der Waals surface area contributed by atoms with Crippen LogP contribution in [0.1, 0.15) is 36.7 Å². The highest BCUT2D eigenvalue weighted by Crippen LogP contribution is 2.43. The average molecular weight is 441 g/mol. The van der Waals surface area contributed by atoms with Gasteiger partial charge in [0.25, 0.3) is 0 Å². The van der Waals surface area contributed by atoms with Crippen molar-refractivity contribution in [3.8, 4) is 17.2 Å². The van der Waals surface area contributed by atoms with Crippen LogP contribution in [0.15, 0.2) is 24.3 Å². The van der Waals surface area contributed by atoms with Gasteiger partial charge < -0.3 is 14.6 Å². The Balaban J connectivity index is 2.53. The van der Waals surface area contributed by atoms with Crippen LogP contribution in [0.4, 0.5) is 17.6 Å². The number of halogens is 6. The summed E-state index contributed by atoms with van der Waals surface area (Å²) in [5.74, 6) is -3.39. The van der Waals surface area contributed by atoms with E-state index in [1.807, 2.05) is 0 Å². The lowest BCUT2D eigenvalue weighted by Gasteiger charge is -2.25. The van der Waals surface area contributed by atoms with E-state index in [0.717, 1.165) is 24.3 Å². The number of hydrogen-bond donors (Lipinski definition) is 1. The molecule has 0 aliphatic rings. The van der Waals surface area contributed by atoms with E-state index in [-0.39, 0.29) is 22.1 Å². The highest BCUT2D eigenvalue weighted by molar-refractivity contribution is 6.33. The number of aromatic carboxylic acids is 1. The standard InChI is InChI=1S/C18H14Cl2F4O4/c1-17(2,3)13-14(21)9(16(25)26)7-11(20)15(13)27-8-4-5-12(10(19)6-8)28-18(22,23)24/h4-7H,1-3H3,(H,25,26). The molecule has 0 radical (unpaired) electrons. The van der Waals surface area contributed by atoms with Gasteiger partial charge in [-0.15, -0.1) is 13.2 Å². The van der Waals surface area contributed by atoms with Gasteiger partial charge in [0, 0.05) is 11.6 Å². The molecular formula is C18H14Cl2F4O4. The smallest absolute Gasteiger partial charge is 0.478 e. The molecule has 0 aliphatic carbocycles. The Labute approximate surface area is 167 Å². The summed E-state index contributed by atoms with van der Waals surface area (Å²) in [5, 5.41) is 8.58. The number of rotatable bonds is 4. The summed E-state index contributed by atoms with van der Waals surface area (Å²) >= 11 is 11.9. The summed E-state index contributed by atoms with van der Waals surface area (Å²) in [5.41, 5.74) is -1.64. The van der Waals surface area contributed by atoms with Crippen LogP contribution >= 0.6 is 23.2 Å².